The number of nitrogens with zero attached hydrogens (tertiary/aromatic N) is 5. The van der Waals surface area contributed by atoms with Gasteiger partial charge in [-0.05, 0) is 38.0 Å². The number of pyridine rings is 1. The number of rotatable bonds is 4. The van der Waals surface area contributed by atoms with Crippen molar-refractivity contribution in [2.24, 2.45) is 0 Å². The first-order valence-electron chi connectivity index (χ1n) is 8.46. The summed E-state index contributed by atoms with van der Waals surface area (Å²) < 4.78 is 29.6. The SMILES string of the molecule is Cc1ccc(S(=O)(=O)N2CCC[C@H]2c2nnc3ccccn23)cc1[N+](=O)[O-]. The van der Waals surface area contributed by atoms with Crippen molar-refractivity contribution in [3.05, 3.63) is 64.1 Å². The Kier molecular flexibility index (Phi) is 4.16. The van der Waals surface area contributed by atoms with Crippen LogP contribution in [0.1, 0.15) is 30.3 Å². The molecule has 10 heteroatoms. The van der Waals surface area contributed by atoms with Gasteiger partial charge in [0.25, 0.3) is 5.69 Å². The normalized spacial score (nSPS) is 18.2. The highest BCUT2D eigenvalue weighted by molar-refractivity contribution is 7.89. The van der Waals surface area contributed by atoms with Gasteiger partial charge in [0.05, 0.1) is 15.9 Å². The van der Waals surface area contributed by atoms with Crippen LogP contribution in [0.2, 0.25) is 0 Å². The highest BCUT2D eigenvalue weighted by Crippen LogP contribution is 2.36. The Morgan fingerprint density at radius 2 is 2.04 bits per heavy atom. The lowest BCUT2D eigenvalue weighted by molar-refractivity contribution is -0.385. The average molecular weight is 387 g/mol. The quantitative estimate of drug-likeness (QED) is 0.502. The summed E-state index contributed by atoms with van der Waals surface area (Å²) in [5, 5.41) is 19.5. The van der Waals surface area contributed by atoms with Crippen LogP contribution in [-0.4, -0.2) is 38.8 Å². The van der Waals surface area contributed by atoms with E-state index in [0.717, 1.165) is 6.07 Å². The standard InChI is InChI=1S/C17H17N5O4S/c1-12-7-8-13(11-15(12)22(23)24)27(25,26)21-10-4-5-14(21)17-19-18-16-6-2-3-9-20(16)17/h2-3,6-9,11,14H,4-5,10H2,1H3/t14-/m0/s1. The Balaban J connectivity index is 1.77. The third kappa shape index (κ3) is 2.86. The van der Waals surface area contributed by atoms with Crippen LogP contribution in [0.4, 0.5) is 5.69 Å². The van der Waals surface area contributed by atoms with Gasteiger partial charge in [-0.1, -0.05) is 12.1 Å². The number of nitro benzene ring substituents is 1. The first-order chi connectivity index (χ1) is 12.9. The summed E-state index contributed by atoms with van der Waals surface area (Å²) in [6.45, 7) is 1.91. The van der Waals surface area contributed by atoms with Gasteiger partial charge >= 0.3 is 0 Å². The van der Waals surface area contributed by atoms with Crippen LogP contribution in [0.3, 0.4) is 0 Å². The molecule has 2 aromatic heterocycles. The van der Waals surface area contributed by atoms with E-state index in [1.807, 2.05) is 12.1 Å². The molecule has 3 aromatic rings. The molecule has 4 rings (SSSR count). The smallest absolute Gasteiger partial charge is 0.273 e. The topological polar surface area (TPSA) is 111 Å². The van der Waals surface area contributed by atoms with E-state index < -0.39 is 21.0 Å². The number of nitro groups is 1. The highest BCUT2D eigenvalue weighted by Gasteiger charge is 2.39. The summed E-state index contributed by atoms with van der Waals surface area (Å²) in [7, 11) is -3.91. The van der Waals surface area contributed by atoms with Gasteiger partial charge in [-0.3, -0.25) is 14.5 Å². The highest BCUT2D eigenvalue weighted by atomic mass is 32.2. The number of hydrogen-bond donors (Lipinski definition) is 0. The van der Waals surface area contributed by atoms with E-state index in [4.69, 9.17) is 0 Å². The molecule has 1 aliphatic rings. The monoisotopic (exact) mass is 387 g/mol. The molecule has 1 saturated heterocycles. The number of fused-ring (bicyclic) bond motifs is 1. The predicted octanol–water partition coefficient (Wildman–Crippen LogP) is 2.47. The van der Waals surface area contributed by atoms with Crippen molar-refractivity contribution >= 4 is 21.4 Å². The summed E-state index contributed by atoms with van der Waals surface area (Å²) in [6.07, 6.45) is 3.09. The fourth-order valence-electron chi connectivity index (χ4n) is 3.45. The molecule has 0 spiro atoms. The van der Waals surface area contributed by atoms with Crippen LogP contribution >= 0.6 is 0 Å². The zero-order valence-corrected chi connectivity index (χ0v) is 15.3. The molecule has 3 heterocycles. The van der Waals surface area contributed by atoms with Crippen LogP contribution < -0.4 is 0 Å². The zero-order valence-electron chi connectivity index (χ0n) is 14.5. The van der Waals surface area contributed by atoms with E-state index in [1.165, 1.54) is 16.4 Å². The molecule has 0 unspecified atom stereocenters. The molecular weight excluding hydrogens is 370 g/mol. The van der Waals surface area contributed by atoms with Crippen molar-refractivity contribution in [3.8, 4) is 0 Å². The Morgan fingerprint density at radius 3 is 2.81 bits per heavy atom. The van der Waals surface area contributed by atoms with E-state index in [2.05, 4.69) is 10.2 Å². The van der Waals surface area contributed by atoms with Gasteiger partial charge in [0, 0.05) is 24.4 Å². The van der Waals surface area contributed by atoms with Crippen molar-refractivity contribution in [1.82, 2.24) is 18.9 Å². The lowest BCUT2D eigenvalue weighted by Crippen LogP contribution is -2.31. The van der Waals surface area contributed by atoms with Crippen LogP contribution in [0.5, 0.6) is 0 Å². The van der Waals surface area contributed by atoms with Crippen molar-refractivity contribution in [2.75, 3.05) is 6.54 Å². The van der Waals surface area contributed by atoms with Gasteiger partial charge in [-0.25, -0.2) is 8.42 Å². The maximum Gasteiger partial charge on any atom is 0.273 e. The minimum atomic E-state index is -3.91. The Morgan fingerprint density at radius 1 is 1.22 bits per heavy atom. The van der Waals surface area contributed by atoms with Crippen LogP contribution in [0, 0.1) is 17.0 Å². The molecule has 0 amide bonds. The Labute approximate surface area is 155 Å². The molecule has 0 saturated carbocycles. The second kappa shape index (κ2) is 6.39. The summed E-state index contributed by atoms with van der Waals surface area (Å²) in [4.78, 5) is 10.5. The minimum absolute atomic E-state index is 0.0829. The van der Waals surface area contributed by atoms with Gasteiger partial charge in [0.2, 0.25) is 10.0 Å². The van der Waals surface area contributed by atoms with Gasteiger partial charge in [-0.2, -0.15) is 4.31 Å². The van der Waals surface area contributed by atoms with Gasteiger partial charge in [-0.15, -0.1) is 10.2 Å². The first kappa shape index (κ1) is 17.6. The van der Waals surface area contributed by atoms with E-state index in [9.17, 15) is 18.5 Å². The average Bonchev–Trinajstić information content (AvgIpc) is 3.28. The molecule has 140 valence electrons. The molecule has 1 aliphatic heterocycles. The molecular formula is C17H17N5O4S. The van der Waals surface area contributed by atoms with Gasteiger partial charge in [0.15, 0.2) is 11.5 Å². The van der Waals surface area contributed by atoms with E-state index >= 15 is 0 Å². The number of benzene rings is 1. The van der Waals surface area contributed by atoms with Crippen LogP contribution in [-0.2, 0) is 10.0 Å². The maximum absolute atomic E-state index is 13.2. The maximum atomic E-state index is 13.2. The van der Waals surface area contributed by atoms with Gasteiger partial charge in [0.1, 0.15) is 0 Å². The summed E-state index contributed by atoms with van der Waals surface area (Å²) in [6, 6.07) is 9.00. The summed E-state index contributed by atoms with van der Waals surface area (Å²) in [5.41, 5.74) is 0.850. The first-order valence-corrected chi connectivity index (χ1v) is 9.90. The third-order valence-corrected chi connectivity index (χ3v) is 6.73. The lowest BCUT2D eigenvalue weighted by Gasteiger charge is -2.23. The fraction of sp³-hybridized carbons (Fsp3) is 0.294. The second-order valence-corrected chi connectivity index (χ2v) is 8.36. The fourth-order valence-corrected chi connectivity index (χ4v) is 5.13. The molecule has 0 aliphatic carbocycles. The number of sulfonamides is 1. The van der Waals surface area contributed by atoms with Crippen molar-refractivity contribution in [1.29, 1.82) is 0 Å². The zero-order chi connectivity index (χ0) is 19.2. The molecule has 1 atom stereocenters. The second-order valence-electron chi connectivity index (χ2n) is 6.47. The van der Waals surface area contributed by atoms with E-state index in [-0.39, 0.29) is 10.6 Å². The predicted molar refractivity (Wildman–Crippen MR) is 96.7 cm³/mol. The largest absolute Gasteiger partial charge is 0.285 e. The van der Waals surface area contributed by atoms with Crippen LogP contribution in [0.15, 0.2) is 47.5 Å². The molecule has 0 N–H and O–H groups in total. The third-order valence-electron chi connectivity index (χ3n) is 4.83. The minimum Gasteiger partial charge on any atom is -0.285 e. The molecule has 9 nitrogen and oxygen atoms in total. The molecule has 27 heavy (non-hydrogen) atoms. The molecule has 1 fully saturated rings. The van der Waals surface area contributed by atoms with Crippen molar-refractivity contribution < 1.29 is 13.3 Å². The van der Waals surface area contributed by atoms with Gasteiger partial charge < -0.3 is 0 Å². The molecule has 0 radical (unpaired) electrons. The number of aryl methyl sites for hydroxylation is 1. The Hall–Kier alpha value is -2.85. The number of aromatic nitrogens is 3. The van der Waals surface area contributed by atoms with E-state index in [0.29, 0.717) is 36.4 Å². The molecule has 1 aromatic carbocycles. The van der Waals surface area contributed by atoms with E-state index in [1.54, 1.807) is 23.6 Å². The number of hydrogen-bond acceptors (Lipinski definition) is 6. The van der Waals surface area contributed by atoms with Crippen molar-refractivity contribution in [2.45, 2.75) is 30.7 Å². The lowest BCUT2D eigenvalue weighted by atomic mass is 10.2. The summed E-state index contributed by atoms with van der Waals surface area (Å²) in [5.74, 6) is 0.549. The Bertz CT molecular complexity index is 1140. The summed E-state index contributed by atoms with van der Waals surface area (Å²) >= 11 is 0. The molecule has 0 bridgehead atoms. The van der Waals surface area contributed by atoms with Crippen molar-refractivity contribution in [3.63, 3.8) is 0 Å². The van der Waals surface area contributed by atoms with Crippen LogP contribution in [0.25, 0.3) is 5.65 Å².